The Morgan fingerprint density at radius 3 is 2.68 bits per heavy atom. The molecule has 34 heavy (non-hydrogen) atoms. The first-order valence-corrected chi connectivity index (χ1v) is 10.9. The van der Waals surface area contributed by atoms with E-state index >= 15 is 0 Å². The van der Waals surface area contributed by atoms with Crippen molar-refractivity contribution in [3.05, 3.63) is 80.5 Å². The van der Waals surface area contributed by atoms with Gasteiger partial charge in [-0.05, 0) is 36.2 Å². The minimum Gasteiger partial charge on any atom is -0.477 e. The number of hydrogen-bond donors (Lipinski definition) is 1. The number of carbonyl (C=O) groups is 1. The number of pyridine rings is 4. The Bertz CT molecular complexity index is 1510. The van der Waals surface area contributed by atoms with E-state index in [0.29, 0.717) is 30.2 Å². The molecule has 9 nitrogen and oxygen atoms in total. The maximum absolute atomic E-state index is 13.0. The zero-order valence-electron chi connectivity index (χ0n) is 18.8. The average Bonchev–Trinajstić information content (AvgIpc) is 3.23. The molecule has 4 aromatic rings. The number of fused-ring (bicyclic) bond motifs is 2. The monoisotopic (exact) mass is 476 g/mol. The second kappa shape index (κ2) is 8.11. The fourth-order valence-electron chi connectivity index (χ4n) is 4.15. The third-order valence-electron chi connectivity index (χ3n) is 5.92. The lowest BCUT2D eigenvalue weighted by atomic mass is 10.1. The van der Waals surface area contributed by atoms with Gasteiger partial charge in [0.25, 0.3) is 0 Å². The quantitative estimate of drug-likeness (QED) is 0.477. The number of hydrogen-bond acceptors (Lipinski definition) is 7. The van der Waals surface area contributed by atoms with E-state index in [9.17, 15) is 14.7 Å². The third-order valence-corrected chi connectivity index (χ3v) is 6.19. The number of nitrogens with zero attached hydrogens (tertiary/aromatic N) is 6. The minimum atomic E-state index is -1.32. The fourth-order valence-corrected chi connectivity index (χ4v) is 4.42. The molecule has 0 saturated heterocycles. The van der Waals surface area contributed by atoms with Gasteiger partial charge in [0, 0.05) is 33.0 Å². The van der Waals surface area contributed by atoms with Crippen molar-refractivity contribution < 1.29 is 9.90 Å². The molecule has 0 radical (unpaired) electrons. The Morgan fingerprint density at radius 1 is 1.21 bits per heavy atom. The van der Waals surface area contributed by atoms with Crippen LogP contribution in [0.1, 0.15) is 27.2 Å². The summed E-state index contributed by atoms with van der Waals surface area (Å²) >= 11 is 6.58. The first-order chi connectivity index (χ1) is 16.2. The molecule has 10 heteroatoms. The molecule has 1 aliphatic heterocycles. The predicted octanol–water partition coefficient (Wildman–Crippen LogP) is 3.42. The topological polar surface area (TPSA) is 104 Å². The summed E-state index contributed by atoms with van der Waals surface area (Å²) in [6.45, 7) is 3.01. The molecule has 172 valence electrons. The summed E-state index contributed by atoms with van der Waals surface area (Å²) in [6, 6.07) is 7.28. The van der Waals surface area contributed by atoms with Crippen LogP contribution in [0, 0.1) is 6.92 Å². The summed E-state index contributed by atoms with van der Waals surface area (Å²) < 4.78 is 1.60. The van der Waals surface area contributed by atoms with E-state index in [2.05, 4.69) is 9.97 Å². The van der Waals surface area contributed by atoms with Gasteiger partial charge < -0.3 is 14.9 Å². The number of carboxylic acids is 1. The molecule has 1 aliphatic rings. The van der Waals surface area contributed by atoms with Crippen LogP contribution in [0.4, 0.5) is 11.6 Å². The van der Waals surface area contributed by atoms with Crippen LogP contribution in [-0.2, 0) is 13.1 Å². The highest BCUT2D eigenvalue weighted by Crippen LogP contribution is 2.33. The molecule has 0 unspecified atom stereocenters. The molecule has 0 amide bonds. The largest absolute Gasteiger partial charge is 0.477 e. The van der Waals surface area contributed by atoms with Crippen molar-refractivity contribution in [1.82, 2.24) is 19.5 Å². The van der Waals surface area contributed by atoms with E-state index in [1.807, 2.05) is 49.0 Å². The van der Waals surface area contributed by atoms with Crippen molar-refractivity contribution in [3.63, 3.8) is 0 Å². The Labute approximate surface area is 199 Å². The third kappa shape index (κ3) is 3.54. The zero-order valence-corrected chi connectivity index (χ0v) is 19.5. The van der Waals surface area contributed by atoms with E-state index in [1.54, 1.807) is 17.0 Å². The second-order valence-corrected chi connectivity index (χ2v) is 8.81. The molecule has 0 bridgehead atoms. The van der Waals surface area contributed by atoms with Crippen molar-refractivity contribution in [2.24, 2.45) is 0 Å². The predicted molar refractivity (Wildman–Crippen MR) is 130 cm³/mol. The van der Waals surface area contributed by atoms with Crippen molar-refractivity contribution in [2.45, 2.75) is 20.0 Å². The highest BCUT2D eigenvalue weighted by Gasteiger charge is 2.25. The number of aromatic nitrogens is 4. The Balaban J connectivity index is 1.74. The Morgan fingerprint density at radius 2 is 2.00 bits per heavy atom. The Hall–Kier alpha value is -3.98. The SMILES string of the molecule is Cc1cc(N(C)C)ncc1-n1cc(C(=O)O)c(=O)c2cc(Cl)c(N3Cc4cccnc4C3)nc21. The number of carboxylic acid groups (broad SMARTS) is 1. The van der Waals surface area contributed by atoms with Gasteiger partial charge >= 0.3 is 5.97 Å². The maximum atomic E-state index is 13.0. The van der Waals surface area contributed by atoms with Gasteiger partial charge in [-0.2, -0.15) is 0 Å². The van der Waals surface area contributed by atoms with Crippen molar-refractivity contribution in [3.8, 4) is 5.69 Å². The second-order valence-electron chi connectivity index (χ2n) is 8.40. The minimum absolute atomic E-state index is 0.125. The molecular weight excluding hydrogens is 456 g/mol. The molecule has 5 rings (SSSR count). The van der Waals surface area contributed by atoms with E-state index in [-0.39, 0.29) is 16.0 Å². The number of aryl methyl sites for hydroxylation is 1. The molecule has 0 fully saturated rings. The first-order valence-electron chi connectivity index (χ1n) is 10.6. The summed E-state index contributed by atoms with van der Waals surface area (Å²) in [7, 11) is 3.77. The highest BCUT2D eigenvalue weighted by molar-refractivity contribution is 6.33. The molecule has 0 atom stereocenters. The molecule has 0 aliphatic carbocycles. The van der Waals surface area contributed by atoms with Crippen LogP contribution >= 0.6 is 11.6 Å². The van der Waals surface area contributed by atoms with Crippen LogP contribution in [0.25, 0.3) is 16.7 Å². The highest BCUT2D eigenvalue weighted by atomic mass is 35.5. The van der Waals surface area contributed by atoms with Gasteiger partial charge in [-0.1, -0.05) is 17.7 Å². The Kier molecular flexibility index (Phi) is 5.21. The van der Waals surface area contributed by atoms with Crippen LogP contribution in [0.5, 0.6) is 0 Å². The summed E-state index contributed by atoms with van der Waals surface area (Å²) in [6.07, 6.45) is 4.69. The van der Waals surface area contributed by atoms with Gasteiger partial charge in [0.05, 0.1) is 34.5 Å². The summed E-state index contributed by atoms with van der Waals surface area (Å²) in [4.78, 5) is 42.4. The summed E-state index contributed by atoms with van der Waals surface area (Å²) in [5.74, 6) is -0.0690. The lowest BCUT2D eigenvalue weighted by Crippen LogP contribution is -2.22. The van der Waals surface area contributed by atoms with Crippen LogP contribution in [-0.4, -0.2) is 44.7 Å². The molecule has 0 aromatic carbocycles. The van der Waals surface area contributed by atoms with E-state index in [1.165, 1.54) is 12.3 Å². The number of halogens is 1. The van der Waals surface area contributed by atoms with Crippen LogP contribution in [0.15, 0.2) is 47.7 Å². The van der Waals surface area contributed by atoms with Gasteiger partial charge in [-0.25, -0.2) is 14.8 Å². The van der Waals surface area contributed by atoms with Gasteiger partial charge in [0.15, 0.2) is 11.5 Å². The maximum Gasteiger partial charge on any atom is 0.341 e. The van der Waals surface area contributed by atoms with Gasteiger partial charge in [-0.3, -0.25) is 14.3 Å². The van der Waals surface area contributed by atoms with Crippen molar-refractivity contribution in [2.75, 3.05) is 23.9 Å². The molecular formula is C24H21ClN6O3. The van der Waals surface area contributed by atoms with Crippen molar-refractivity contribution in [1.29, 1.82) is 0 Å². The molecule has 5 heterocycles. The van der Waals surface area contributed by atoms with Gasteiger partial charge in [-0.15, -0.1) is 0 Å². The molecule has 1 N–H and O–H groups in total. The summed E-state index contributed by atoms with van der Waals surface area (Å²) in [5.41, 5.74) is 2.78. The number of aromatic carboxylic acids is 1. The number of anilines is 2. The normalized spacial score (nSPS) is 12.8. The lowest BCUT2D eigenvalue weighted by molar-refractivity contribution is 0.0695. The van der Waals surface area contributed by atoms with Crippen LogP contribution in [0.2, 0.25) is 5.02 Å². The molecule has 0 spiro atoms. The van der Waals surface area contributed by atoms with E-state index in [0.717, 1.165) is 22.6 Å². The molecule has 4 aromatic heterocycles. The fraction of sp³-hybridized carbons (Fsp3) is 0.208. The molecule has 0 saturated carbocycles. The van der Waals surface area contributed by atoms with E-state index < -0.39 is 11.4 Å². The van der Waals surface area contributed by atoms with Crippen LogP contribution in [0.3, 0.4) is 0 Å². The van der Waals surface area contributed by atoms with Gasteiger partial charge in [0.1, 0.15) is 11.4 Å². The lowest BCUT2D eigenvalue weighted by Gasteiger charge is -2.21. The van der Waals surface area contributed by atoms with Crippen molar-refractivity contribution >= 4 is 40.2 Å². The first kappa shape index (κ1) is 21.8. The standard InChI is InChI=1S/C24H21ClN6O3/c1-13-7-20(29(2)3)27-9-19(13)31-11-16(24(33)34)21(32)15-8-17(25)23(28-22(15)31)30-10-14-5-4-6-26-18(14)12-30/h4-9,11H,10,12H2,1-3H3,(H,33,34). The number of rotatable bonds is 4. The summed E-state index contributed by atoms with van der Waals surface area (Å²) in [5, 5.41) is 10.1. The van der Waals surface area contributed by atoms with E-state index in [4.69, 9.17) is 16.6 Å². The van der Waals surface area contributed by atoms with Gasteiger partial charge in [0.2, 0.25) is 5.43 Å². The smallest absolute Gasteiger partial charge is 0.341 e. The average molecular weight is 477 g/mol. The zero-order chi connectivity index (χ0) is 24.1. The van der Waals surface area contributed by atoms with Crippen LogP contribution < -0.4 is 15.2 Å².